The summed E-state index contributed by atoms with van der Waals surface area (Å²) in [7, 11) is 0. The molecule has 3 aromatic rings. The van der Waals surface area contributed by atoms with E-state index in [4.69, 9.17) is 0 Å². The molecule has 0 aliphatic carbocycles. The van der Waals surface area contributed by atoms with E-state index in [2.05, 4.69) is 22.8 Å². The molecule has 0 fully saturated rings. The van der Waals surface area contributed by atoms with E-state index in [9.17, 15) is 9.59 Å². The fraction of sp³-hybridized carbons (Fsp3) is 0.261. The van der Waals surface area contributed by atoms with Crippen LogP contribution in [0.25, 0.3) is 17.1 Å². The van der Waals surface area contributed by atoms with E-state index in [1.165, 1.54) is 6.08 Å². The predicted octanol–water partition coefficient (Wildman–Crippen LogP) is 3.55. The van der Waals surface area contributed by atoms with E-state index in [1.54, 1.807) is 6.08 Å². The van der Waals surface area contributed by atoms with E-state index >= 15 is 0 Å². The van der Waals surface area contributed by atoms with Gasteiger partial charge in [-0.1, -0.05) is 55.3 Å². The molecule has 150 valence electrons. The van der Waals surface area contributed by atoms with E-state index in [-0.39, 0.29) is 18.4 Å². The third-order valence-corrected chi connectivity index (χ3v) is 4.58. The largest absolute Gasteiger partial charge is 0.318 e. The summed E-state index contributed by atoms with van der Waals surface area (Å²) in [6.07, 6.45) is 5.98. The average Bonchev–Trinajstić information content (AvgIpc) is 3.06. The molecule has 0 spiro atoms. The smallest absolute Gasteiger partial charge is 0.262 e. The molecule has 2 aromatic carbocycles. The number of imidazole rings is 1. The van der Waals surface area contributed by atoms with Crippen LogP contribution in [-0.2, 0) is 22.6 Å². The Balaban J connectivity index is 1.61. The fourth-order valence-corrected chi connectivity index (χ4v) is 3.13. The van der Waals surface area contributed by atoms with Crippen molar-refractivity contribution in [3.8, 4) is 0 Å². The lowest BCUT2D eigenvalue weighted by molar-refractivity contribution is -0.127. The predicted molar refractivity (Wildman–Crippen MR) is 115 cm³/mol. The summed E-state index contributed by atoms with van der Waals surface area (Å²) in [5.41, 5.74) is 8.74. The van der Waals surface area contributed by atoms with Gasteiger partial charge < -0.3 is 4.57 Å². The summed E-state index contributed by atoms with van der Waals surface area (Å²) in [6.45, 7) is 4.22. The molecule has 1 aromatic heterocycles. The van der Waals surface area contributed by atoms with Gasteiger partial charge in [0.15, 0.2) is 0 Å². The highest BCUT2D eigenvalue weighted by molar-refractivity contribution is 5.93. The molecule has 0 bridgehead atoms. The highest BCUT2D eigenvalue weighted by Crippen LogP contribution is 2.17. The summed E-state index contributed by atoms with van der Waals surface area (Å²) >= 11 is 0. The molecule has 6 heteroatoms. The van der Waals surface area contributed by atoms with Crippen LogP contribution < -0.4 is 10.9 Å². The highest BCUT2D eigenvalue weighted by Gasteiger charge is 2.13. The van der Waals surface area contributed by atoms with Crippen molar-refractivity contribution in [3.05, 3.63) is 71.6 Å². The number of para-hydroxylation sites is 2. The monoisotopic (exact) mass is 390 g/mol. The highest BCUT2D eigenvalue weighted by atomic mass is 16.2. The normalized spacial score (nSPS) is 11.1. The first-order chi connectivity index (χ1) is 14.1. The molecule has 6 nitrogen and oxygen atoms in total. The molecule has 0 atom stereocenters. The van der Waals surface area contributed by atoms with Gasteiger partial charge in [0.05, 0.1) is 11.0 Å². The maximum atomic E-state index is 12.4. The molecule has 29 heavy (non-hydrogen) atoms. The van der Waals surface area contributed by atoms with Crippen LogP contribution in [0, 0.1) is 6.92 Å². The van der Waals surface area contributed by atoms with Gasteiger partial charge >= 0.3 is 0 Å². The Bertz CT molecular complexity index is 1040. The van der Waals surface area contributed by atoms with Crippen molar-refractivity contribution >= 4 is 28.9 Å². The number of hydrazine groups is 1. The number of aryl methyl sites for hydroxylation is 2. The van der Waals surface area contributed by atoms with Crippen molar-refractivity contribution in [1.29, 1.82) is 0 Å². The molecule has 0 aliphatic heterocycles. The van der Waals surface area contributed by atoms with Crippen LogP contribution in [-0.4, -0.2) is 21.4 Å². The van der Waals surface area contributed by atoms with Crippen LogP contribution in [0.5, 0.6) is 0 Å². The van der Waals surface area contributed by atoms with E-state index in [0.29, 0.717) is 0 Å². The van der Waals surface area contributed by atoms with Crippen LogP contribution in [0.1, 0.15) is 36.7 Å². The Kier molecular flexibility index (Phi) is 6.79. The number of hydrogen-bond acceptors (Lipinski definition) is 3. The quantitative estimate of drug-likeness (QED) is 0.478. The van der Waals surface area contributed by atoms with Crippen molar-refractivity contribution in [2.45, 2.75) is 39.7 Å². The molecule has 3 rings (SSSR count). The summed E-state index contributed by atoms with van der Waals surface area (Å²) in [5, 5.41) is 0. The lowest BCUT2D eigenvalue weighted by atomic mass is 10.1. The zero-order valence-corrected chi connectivity index (χ0v) is 16.8. The minimum atomic E-state index is -0.387. The molecule has 1 heterocycles. The van der Waals surface area contributed by atoms with Gasteiger partial charge in [-0.2, -0.15) is 0 Å². The zero-order valence-electron chi connectivity index (χ0n) is 16.8. The van der Waals surface area contributed by atoms with Gasteiger partial charge in [0, 0.05) is 12.5 Å². The number of benzene rings is 2. The van der Waals surface area contributed by atoms with Gasteiger partial charge in [0.25, 0.3) is 11.8 Å². The minimum Gasteiger partial charge on any atom is -0.318 e. The Labute approximate surface area is 170 Å². The van der Waals surface area contributed by atoms with Crippen LogP contribution in [0.3, 0.4) is 0 Å². The lowest BCUT2D eigenvalue weighted by Crippen LogP contribution is -2.42. The van der Waals surface area contributed by atoms with Gasteiger partial charge in [-0.25, -0.2) is 4.98 Å². The molecule has 0 aliphatic rings. The number of nitrogens with zero attached hydrogens (tertiary/aromatic N) is 2. The van der Waals surface area contributed by atoms with Gasteiger partial charge in [0.2, 0.25) is 0 Å². The first-order valence-electron chi connectivity index (χ1n) is 9.84. The fourth-order valence-electron chi connectivity index (χ4n) is 3.13. The Morgan fingerprint density at radius 3 is 2.72 bits per heavy atom. The SMILES string of the molecule is CCCCc1nc2ccccc2n1CC(=O)NNC(=O)/C=C/c1cccc(C)c1. The number of carbonyl (C=O) groups is 2. The first-order valence-corrected chi connectivity index (χ1v) is 9.84. The van der Waals surface area contributed by atoms with Gasteiger partial charge in [-0.05, 0) is 37.1 Å². The van der Waals surface area contributed by atoms with Gasteiger partial charge in [-0.15, -0.1) is 0 Å². The Morgan fingerprint density at radius 1 is 1.10 bits per heavy atom. The lowest BCUT2D eigenvalue weighted by Gasteiger charge is -2.10. The van der Waals surface area contributed by atoms with Crippen molar-refractivity contribution in [1.82, 2.24) is 20.4 Å². The standard InChI is InChI=1S/C23H26N4O2/c1-3-4-12-21-24-19-10-5-6-11-20(19)27(21)16-23(29)26-25-22(28)14-13-18-9-7-8-17(2)15-18/h5-11,13-15H,3-4,12,16H2,1-2H3,(H,25,28)(H,26,29)/b14-13+. The second-order valence-corrected chi connectivity index (χ2v) is 6.99. The minimum absolute atomic E-state index is 0.0986. The number of amides is 2. The van der Waals surface area contributed by atoms with Crippen LogP contribution in [0.15, 0.2) is 54.6 Å². The number of rotatable bonds is 7. The summed E-state index contributed by atoms with van der Waals surface area (Å²) in [5.74, 6) is 0.193. The number of hydrogen-bond donors (Lipinski definition) is 2. The van der Waals surface area contributed by atoms with E-state index in [1.807, 2.05) is 60.0 Å². The van der Waals surface area contributed by atoms with Gasteiger partial charge in [-0.3, -0.25) is 20.4 Å². The van der Waals surface area contributed by atoms with Crippen molar-refractivity contribution in [2.75, 3.05) is 0 Å². The molecule has 0 unspecified atom stereocenters. The van der Waals surface area contributed by atoms with Crippen LogP contribution >= 0.6 is 0 Å². The van der Waals surface area contributed by atoms with E-state index in [0.717, 1.165) is 47.2 Å². The van der Waals surface area contributed by atoms with Crippen molar-refractivity contribution in [2.24, 2.45) is 0 Å². The number of aromatic nitrogens is 2. The van der Waals surface area contributed by atoms with Crippen molar-refractivity contribution in [3.63, 3.8) is 0 Å². The number of unbranched alkanes of at least 4 members (excludes halogenated alkanes) is 1. The molecule has 2 amide bonds. The molecule has 0 radical (unpaired) electrons. The summed E-state index contributed by atoms with van der Waals surface area (Å²) in [4.78, 5) is 29.1. The molecule has 0 saturated heterocycles. The third kappa shape index (κ3) is 5.54. The number of fused-ring (bicyclic) bond motifs is 1. The van der Waals surface area contributed by atoms with Crippen LogP contribution in [0.2, 0.25) is 0 Å². The first kappa shape index (κ1) is 20.3. The topological polar surface area (TPSA) is 76.0 Å². The molecule has 2 N–H and O–H groups in total. The number of carbonyl (C=O) groups excluding carboxylic acids is 2. The molecular weight excluding hydrogens is 364 g/mol. The maximum absolute atomic E-state index is 12.4. The third-order valence-electron chi connectivity index (χ3n) is 4.58. The van der Waals surface area contributed by atoms with Crippen LogP contribution in [0.4, 0.5) is 0 Å². The maximum Gasteiger partial charge on any atom is 0.262 e. The second kappa shape index (κ2) is 9.68. The number of nitrogens with one attached hydrogen (secondary N) is 2. The Hall–Kier alpha value is -3.41. The second-order valence-electron chi connectivity index (χ2n) is 6.99. The van der Waals surface area contributed by atoms with Crippen molar-refractivity contribution < 1.29 is 9.59 Å². The summed E-state index contributed by atoms with van der Waals surface area (Å²) in [6, 6.07) is 15.6. The zero-order chi connectivity index (χ0) is 20.6. The van der Waals surface area contributed by atoms with E-state index < -0.39 is 0 Å². The summed E-state index contributed by atoms with van der Waals surface area (Å²) < 4.78 is 1.91. The van der Waals surface area contributed by atoms with Gasteiger partial charge in [0.1, 0.15) is 12.4 Å². The molecule has 0 saturated carbocycles. The average molecular weight is 390 g/mol. The molecular formula is C23H26N4O2. The Morgan fingerprint density at radius 2 is 1.93 bits per heavy atom.